The van der Waals surface area contributed by atoms with Gasteiger partial charge < -0.3 is 9.47 Å². The summed E-state index contributed by atoms with van der Waals surface area (Å²) in [6.45, 7) is 0. The van der Waals surface area contributed by atoms with Gasteiger partial charge in [0.25, 0.3) is 5.24 Å². The van der Waals surface area contributed by atoms with E-state index in [1.54, 1.807) is 0 Å². The number of methoxy groups -OCH3 is 2. The molecule has 3 nitrogen and oxygen atoms in total. The van der Waals surface area contributed by atoms with Crippen LogP contribution in [0.5, 0.6) is 11.5 Å². The second-order valence-corrected chi connectivity index (χ2v) is 2.81. The Balaban J connectivity index is 3.32. The molecule has 76 valence electrons. The van der Waals surface area contributed by atoms with Crippen LogP contribution in [0.1, 0.15) is 10.4 Å². The molecule has 0 bridgehead atoms. The fourth-order valence-corrected chi connectivity index (χ4v) is 1.09. The standard InChI is InChI=1S/C9H8ClFO3/c1-13-6-3-5(9(10)12)4-7(14-2)8(6)11/h3-4H,1-2H3. The highest BCUT2D eigenvalue weighted by Crippen LogP contribution is 2.28. The van der Waals surface area contributed by atoms with Crippen molar-refractivity contribution in [1.82, 2.24) is 0 Å². The summed E-state index contributed by atoms with van der Waals surface area (Å²) in [6.07, 6.45) is 0. The van der Waals surface area contributed by atoms with E-state index in [9.17, 15) is 9.18 Å². The normalized spacial score (nSPS) is 9.71. The van der Waals surface area contributed by atoms with Crippen molar-refractivity contribution in [3.8, 4) is 11.5 Å². The van der Waals surface area contributed by atoms with Crippen molar-refractivity contribution in [2.45, 2.75) is 0 Å². The van der Waals surface area contributed by atoms with E-state index in [4.69, 9.17) is 21.1 Å². The van der Waals surface area contributed by atoms with Crippen LogP contribution in [-0.4, -0.2) is 19.5 Å². The SMILES string of the molecule is COc1cc(C(=O)Cl)cc(OC)c1F. The molecule has 1 aromatic rings. The number of carbonyl (C=O) groups is 1. The molecule has 0 heterocycles. The molecule has 0 aliphatic heterocycles. The number of ether oxygens (including phenoxy) is 2. The van der Waals surface area contributed by atoms with E-state index >= 15 is 0 Å². The first-order chi connectivity index (χ1) is 6.60. The number of halogens is 2. The lowest BCUT2D eigenvalue weighted by molar-refractivity contribution is 0.108. The minimum Gasteiger partial charge on any atom is -0.494 e. The summed E-state index contributed by atoms with van der Waals surface area (Å²) in [5.41, 5.74) is 0.127. The van der Waals surface area contributed by atoms with Gasteiger partial charge in [0.1, 0.15) is 0 Å². The minimum atomic E-state index is -0.693. The third-order valence-corrected chi connectivity index (χ3v) is 1.89. The number of hydrogen-bond donors (Lipinski definition) is 0. The maximum atomic E-state index is 13.3. The molecule has 0 saturated carbocycles. The van der Waals surface area contributed by atoms with Gasteiger partial charge in [-0.05, 0) is 23.7 Å². The first-order valence-electron chi connectivity index (χ1n) is 3.71. The molecule has 1 rings (SSSR count). The molecule has 0 aliphatic carbocycles. The van der Waals surface area contributed by atoms with Crippen LogP contribution in [0.4, 0.5) is 4.39 Å². The molecular formula is C9H8ClFO3. The number of benzene rings is 1. The van der Waals surface area contributed by atoms with Crippen LogP contribution in [0.25, 0.3) is 0 Å². The summed E-state index contributed by atoms with van der Waals surface area (Å²) < 4.78 is 22.7. The maximum absolute atomic E-state index is 13.3. The van der Waals surface area contributed by atoms with Crippen LogP contribution in [0, 0.1) is 5.82 Å². The van der Waals surface area contributed by atoms with Crippen LogP contribution in [0.3, 0.4) is 0 Å². The quantitative estimate of drug-likeness (QED) is 0.730. The average Bonchev–Trinajstić information content (AvgIpc) is 2.17. The summed E-state index contributed by atoms with van der Waals surface area (Å²) in [7, 11) is 2.58. The Morgan fingerprint density at radius 2 is 1.71 bits per heavy atom. The zero-order valence-electron chi connectivity index (χ0n) is 7.64. The summed E-state index contributed by atoms with van der Waals surface area (Å²) in [5.74, 6) is -0.807. The van der Waals surface area contributed by atoms with Gasteiger partial charge in [-0.1, -0.05) is 0 Å². The molecule has 0 spiro atoms. The van der Waals surface area contributed by atoms with E-state index < -0.39 is 11.1 Å². The predicted molar refractivity (Wildman–Crippen MR) is 49.7 cm³/mol. The van der Waals surface area contributed by atoms with E-state index in [2.05, 4.69) is 0 Å². The molecule has 0 N–H and O–H groups in total. The largest absolute Gasteiger partial charge is 0.494 e. The topological polar surface area (TPSA) is 35.5 Å². The first-order valence-corrected chi connectivity index (χ1v) is 4.09. The third-order valence-electron chi connectivity index (χ3n) is 1.67. The average molecular weight is 219 g/mol. The minimum absolute atomic E-state index is 0.0756. The zero-order chi connectivity index (χ0) is 10.7. The van der Waals surface area contributed by atoms with Gasteiger partial charge in [0, 0.05) is 5.56 Å². The zero-order valence-corrected chi connectivity index (χ0v) is 8.39. The smallest absolute Gasteiger partial charge is 0.252 e. The summed E-state index contributed by atoms with van der Waals surface area (Å²) in [6, 6.07) is 2.43. The summed E-state index contributed by atoms with van der Waals surface area (Å²) >= 11 is 5.24. The molecular weight excluding hydrogens is 211 g/mol. The molecule has 1 aromatic carbocycles. The van der Waals surface area contributed by atoms with Crippen LogP contribution >= 0.6 is 11.6 Å². The summed E-state index contributed by atoms with van der Waals surface area (Å²) in [5, 5.41) is -0.693. The lowest BCUT2D eigenvalue weighted by Crippen LogP contribution is -1.98. The Hall–Kier alpha value is -1.29. The number of carbonyl (C=O) groups excluding carboxylic acids is 1. The first kappa shape index (κ1) is 10.8. The predicted octanol–water partition coefficient (Wildman–Crippen LogP) is 2.22. The molecule has 0 aromatic heterocycles. The number of hydrogen-bond acceptors (Lipinski definition) is 3. The second-order valence-electron chi connectivity index (χ2n) is 2.47. The molecule has 0 atom stereocenters. The fraction of sp³-hybridized carbons (Fsp3) is 0.222. The molecule has 5 heteroatoms. The van der Waals surface area contributed by atoms with Gasteiger partial charge in [0.05, 0.1) is 14.2 Å². The van der Waals surface area contributed by atoms with Gasteiger partial charge in [-0.3, -0.25) is 4.79 Å². The van der Waals surface area contributed by atoms with Gasteiger partial charge in [-0.25, -0.2) is 0 Å². The van der Waals surface area contributed by atoms with Gasteiger partial charge in [-0.2, -0.15) is 4.39 Å². The highest BCUT2D eigenvalue weighted by molar-refractivity contribution is 6.67. The van der Waals surface area contributed by atoms with E-state index in [0.29, 0.717) is 0 Å². The van der Waals surface area contributed by atoms with Crippen molar-refractivity contribution < 1.29 is 18.7 Å². The van der Waals surface area contributed by atoms with E-state index in [-0.39, 0.29) is 17.1 Å². The second kappa shape index (κ2) is 4.28. The molecule has 0 amide bonds. The molecule has 0 aliphatic rings. The van der Waals surface area contributed by atoms with Crippen molar-refractivity contribution in [3.63, 3.8) is 0 Å². The van der Waals surface area contributed by atoms with Crippen molar-refractivity contribution >= 4 is 16.8 Å². The fourth-order valence-electron chi connectivity index (χ4n) is 0.983. The van der Waals surface area contributed by atoms with Gasteiger partial charge in [0.15, 0.2) is 11.5 Å². The Kier molecular flexibility index (Phi) is 3.30. The van der Waals surface area contributed by atoms with Gasteiger partial charge >= 0.3 is 0 Å². The Morgan fingerprint density at radius 1 is 1.29 bits per heavy atom. The van der Waals surface area contributed by atoms with E-state index in [1.165, 1.54) is 26.4 Å². The van der Waals surface area contributed by atoms with Crippen molar-refractivity contribution in [1.29, 1.82) is 0 Å². The summed E-state index contributed by atoms with van der Waals surface area (Å²) in [4.78, 5) is 10.8. The van der Waals surface area contributed by atoms with Crippen molar-refractivity contribution in [3.05, 3.63) is 23.5 Å². The Labute approximate surface area is 85.4 Å². The molecule has 0 saturated heterocycles. The number of rotatable bonds is 3. The Bertz CT molecular complexity index is 340. The van der Waals surface area contributed by atoms with Gasteiger partial charge in [0.2, 0.25) is 5.82 Å². The highest BCUT2D eigenvalue weighted by Gasteiger charge is 2.14. The third kappa shape index (κ3) is 1.96. The lowest BCUT2D eigenvalue weighted by atomic mass is 10.2. The van der Waals surface area contributed by atoms with Gasteiger partial charge in [-0.15, -0.1) is 0 Å². The van der Waals surface area contributed by atoms with Crippen LogP contribution in [0.2, 0.25) is 0 Å². The molecule has 14 heavy (non-hydrogen) atoms. The van der Waals surface area contributed by atoms with Crippen molar-refractivity contribution in [2.75, 3.05) is 14.2 Å². The molecule has 0 radical (unpaired) electrons. The van der Waals surface area contributed by atoms with Crippen molar-refractivity contribution in [2.24, 2.45) is 0 Å². The van der Waals surface area contributed by atoms with Crippen LogP contribution < -0.4 is 9.47 Å². The maximum Gasteiger partial charge on any atom is 0.252 e. The monoisotopic (exact) mass is 218 g/mol. The Morgan fingerprint density at radius 3 is 2.00 bits per heavy atom. The van der Waals surface area contributed by atoms with Crippen LogP contribution in [0.15, 0.2) is 12.1 Å². The highest BCUT2D eigenvalue weighted by atomic mass is 35.5. The van der Waals surface area contributed by atoms with E-state index in [0.717, 1.165) is 0 Å². The lowest BCUT2D eigenvalue weighted by Gasteiger charge is -2.07. The molecule has 0 unspecified atom stereocenters. The van der Waals surface area contributed by atoms with Crippen LogP contribution in [-0.2, 0) is 0 Å². The van der Waals surface area contributed by atoms with E-state index in [1.807, 2.05) is 0 Å². The molecule has 0 fully saturated rings.